The molecule has 93 valence electrons. The monoisotopic (exact) mass is 228 g/mol. The van der Waals surface area contributed by atoms with Crippen molar-refractivity contribution in [2.75, 3.05) is 13.1 Å². The lowest BCUT2D eigenvalue weighted by Crippen LogP contribution is -2.43. The zero-order valence-corrected chi connectivity index (χ0v) is 10.4. The molecule has 0 aromatic carbocycles. The molecule has 1 atom stereocenters. The third-order valence-corrected chi connectivity index (χ3v) is 2.74. The highest BCUT2D eigenvalue weighted by Gasteiger charge is 2.28. The molecule has 1 aliphatic rings. The van der Waals surface area contributed by atoms with E-state index in [9.17, 15) is 9.90 Å². The van der Waals surface area contributed by atoms with Crippen LogP contribution in [0.15, 0.2) is 0 Å². The van der Waals surface area contributed by atoms with Crippen LogP contribution in [0.3, 0.4) is 0 Å². The van der Waals surface area contributed by atoms with Crippen LogP contribution in [-0.2, 0) is 4.74 Å². The number of carbonyl (C=O) groups is 1. The molecule has 1 unspecified atom stereocenters. The van der Waals surface area contributed by atoms with Crippen LogP contribution in [0.1, 0.15) is 33.6 Å². The molecule has 0 spiro atoms. The van der Waals surface area contributed by atoms with Gasteiger partial charge in [0, 0.05) is 13.1 Å². The molecule has 4 heteroatoms. The summed E-state index contributed by atoms with van der Waals surface area (Å²) < 4.78 is 5.28. The summed E-state index contributed by atoms with van der Waals surface area (Å²) in [6, 6.07) is 0. The van der Waals surface area contributed by atoms with Crippen LogP contribution >= 0.6 is 0 Å². The molecule has 1 fully saturated rings. The second-order valence-electron chi connectivity index (χ2n) is 5.37. The van der Waals surface area contributed by atoms with Crippen molar-refractivity contribution in [1.82, 2.24) is 4.90 Å². The maximum Gasteiger partial charge on any atom is 0.410 e. The first-order valence-corrected chi connectivity index (χ1v) is 5.78. The van der Waals surface area contributed by atoms with Gasteiger partial charge in [-0.15, -0.1) is 0 Å². The number of amides is 1. The van der Waals surface area contributed by atoms with Gasteiger partial charge in [-0.3, -0.25) is 0 Å². The zero-order valence-electron chi connectivity index (χ0n) is 10.4. The number of aliphatic hydroxyl groups is 1. The van der Waals surface area contributed by atoms with Crippen molar-refractivity contribution in [2.45, 2.75) is 45.3 Å². The molecule has 1 amide bonds. The Morgan fingerprint density at radius 1 is 1.44 bits per heavy atom. The molecule has 0 aromatic heterocycles. The minimum Gasteiger partial charge on any atom is -0.444 e. The van der Waals surface area contributed by atoms with E-state index in [0.29, 0.717) is 13.1 Å². The summed E-state index contributed by atoms with van der Waals surface area (Å²) in [6.07, 6.45) is 0.804. The van der Waals surface area contributed by atoms with E-state index in [1.807, 2.05) is 20.8 Å². The van der Waals surface area contributed by atoms with Gasteiger partial charge in [0.25, 0.3) is 0 Å². The lowest BCUT2D eigenvalue weighted by Gasteiger charge is -2.34. The van der Waals surface area contributed by atoms with Gasteiger partial charge < -0.3 is 14.7 Å². The van der Waals surface area contributed by atoms with Crippen molar-refractivity contribution in [3.05, 3.63) is 6.92 Å². The van der Waals surface area contributed by atoms with Gasteiger partial charge in [0.1, 0.15) is 5.60 Å². The number of piperidine rings is 1. The number of aliphatic hydroxyl groups excluding tert-OH is 1. The third kappa shape index (κ3) is 4.00. The summed E-state index contributed by atoms with van der Waals surface area (Å²) in [6.45, 7) is 10.5. The molecule has 1 aliphatic heterocycles. The summed E-state index contributed by atoms with van der Waals surface area (Å²) in [7, 11) is 0. The number of hydrogen-bond acceptors (Lipinski definition) is 3. The average Bonchev–Trinajstić information content (AvgIpc) is 2.15. The van der Waals surface area contributed by atoms with Gasteiger partial charge in [-0.25, -0.2) is 4.79 Å². The van der Waals surface area contributed by atoms with E-state index in [1.165, 1.54) is 0 Å². The summed E-state index contributed by atoms with van der Waals surface area (Å²) in [5, 5.41) is 9.34. The van der Waals surface area contributed by atoms with Gasteiger partial charge in [-0.1, -0.05) is 0 Å². The number of hydrogen-bond donors (Lipinski definition) is 1. The fraction of sp³-hybridized carbons (Fsp3) is 0.833. The van der Waals surface area contributed by atoms with E-state index in [2.05, 4.69) is 6.92 Å². The normalized spacial score (nSPS) is 20.7. The first-order chi connectivity index (χ1) is 7.29. The number of nitrogens with zero attached hydrogens (tertiary/aromatic N) is 1. The Morgan fingerprint density at radius 2 is 1.94 bits per heavy atom. The number of ether oxygens (including phenoxy) is 1. The summed E-state index contributed by atoms with van der Waals surface area (Å²) >= 11 is 0. The summed E-state index contributed by atoms with van der Waals surface area (Å²) in [5.74, 6) is 0.207. The summed E-state index contributed by atoms with van der Waals surface area (Å²) in [5.41, 5.74) is -0.445. The first kappa shape index (κ1) is 13.3. The molecule has 0 aliphatic carbocycles. The van der Waals surface area contributed by atoms with Crippen LogP contribution in [-0.4, -0.2) is 40.9 Å². The van der Waals surface area contributed by atoms with Gasteiger partial charge in [-0.05, 0) is 46.5 Å². The molecule has 0 bridgehead atoms. The highest BCUT2D eigenvalue weighted by Crippen LogP contribution is 2.21. The van der Waals surface area contributed by atoms with E-state index in [1.54, 1.807) is 4.90 Å². The van der Waals surface area contributed by atoms with Gasteiger partial charge in [0.15, 0.2) is 0 Å². The van der Waals surface area contributed by atoms with Crippen LogP contribution < -0.4 is 0 Å². The molecule has 0 saturated carbocycles. The van der Waals surface area contributed by atoms with Crippen LogP contribution in [0.25, 0.3) is 0 Å². The molecule has 1 saturated heterocycles. The fourth-order valence-corrected chi connectivity index (χ4v) is 1.79. The Hall–Kier alpha value is -0.770. The molecule has 0 aromatic rings. The van der Waals surface area contributed by atoms with Gasteiger partial charge >= 0.3 is 6.09 Å². The fourth-order valence-electron chi connectivity index (χ4n) is 1.79. The van der Waals surface area contributed by atoms with Crippen molar-refractivity contribution in [1.29, 1.82) is 0 Å². The second-order valence-corrected chi connectivity index (χ2v) is 5.37. The van der Waals surface area contributed by atoms with Gasteiger partial charge in [0.2, 0.25) is 0 Å². The smallest absolute Gasteiger partial charge is 0.410 e. The SMILES string of the molecule is [CH2]C(O)C1CCN(C(=O)OC(C)(C)C)CC1. The highest BCUT2D eigenvalue weighted by atomic mass is 16.6. The van der Waals surface area contributed by atoms with E-state index in [4.69, 9.17) is 4.74 Å². The van der Waals surface area contributed by atoms with Crippen molar-refractivity contribution in [3.63, 3.8) is 0 Å². The first-order valence-electron chi connectivity index (χ1n) is 5.78. The Bertz CT molecular complexity index is 237. The Kier molecular flexibility index (Phi) is 4.19. The minimum absolute atomic E-state index is 0.207. The van der Waals surface area contributed by atoms with E-state index in [-0.39, 0.29) is 12.0 Å². The quantitative estimate of drug-likeness (QED) is 0.745. The third-order valence-electron chi connectivity index (χ3n) is 2.74. The van der Waals surface area contributed by atoms with E-state index >= 15 is 0 Å². The van der Waals surface area contributed by atoms with Crippen LogP contribution in [0, 0.1) is 12.8 Å². The largest absolute Gasteiger partial charge is 0.444 e. The molecule has 1 heterocycles. The standard InChI is InChI=1S/C12H22NO3/c1-9(14)10-5-7-13(8-6-10)11(15)16-12(2,3)4/h9-10,14H,1,5-8H2,2-4H3. The van der Waals surface area contributed by atoms with E-state index < -0.39 is 11.7 Å². The lowest BCUT2D eigenvalue weighted by atomic mass is 9.92. The van der Waals surface area contributed by atoms with Crippen LogP contribution in [0.2, 0.25) is 0 Å². The van der Waals surface area contributed by atoms with Gasteiger partial charge in [-0.2, -0.15) is 0 Å². The number of rotatable bonds is 1. The van der Waals surface area contributed by atoms with Crippen molar-refractivity contribution >= 4 is 6.09 Å². The van der Waals surface area contributed by atoms with Crippen molar-refractivity contribution in [3.8, 4) is 0 Å². The Balaban J connectivity index is 2.39. The molecule has 1 N–H and O–H groups in total. The van der Waals surface area contributed by atoms with Crippen molar-refractivity contribution in [2.24, 2.45) is 5.92 Å². The van der Waals surface area contributed by atoms with Crippen LogP contribution in [0.5, 0.6) is 0 Å². The molecule has 4 nitrogen and oxygen atoms in total. The molecule has 1 radical (unpaired) electrons. The maximum atomic E-state index is 11.7. The Morgan fingerprint density at radius 3 is 2.31 bits per heavy atom. The second kappa shape index (κ2) is 5.04. The lowest BCUT2D eigenvalue weighted by molar-refractivity contribution is 0.0120. The minimum atomic E-state index is -0.527. The molecule has 16 heavy (non-hydrogen) atoms. The molecular formula is C12H22NO3. The topological polar surface area (TPSA) is 49.8 Å². The van der Waals surface area contributed by atoms with Crippen LogP contribution in [0.4, 0.5) is 4.79 Å². The average molecular weight is 228 g/mol. The predicted octanol–water partition coefficient (Wildman–Crippen LogP) is 1.83. The predicted molar refractivity (Wildman–Crippen MR) is 61.9 cm³/mol. The van der Waals surface area contributed by atoms with E-state index in [0.717, 1.165) is 12.8 Å². The molecule has 1 rings (SSSR count). The number of carbonyl (C=O) groups excluding carboxylic acids is 1. The van der Waals surface area contributed by atoms with Crippen molar-refractivity contribution < 1.29 is 14.6 Å². The zero-order chi connectivity index (χ0) is 12.3. The highest BCUT2D eigenvalue weighted by molar-refractivity contribution is 5.68. The maximum absolute atomic E-state index is 11.7. The summed E-state index contributed by atoms with van der Waals surface area (Å²) in [4.78, 5) is 13.4. The molecular weight excluding hydrogens is 206 g/mol. The Labute approximate surface area is 97.6 Å². The van der Waals surface area contributed by atoms with Gasteiger partial charge in [0.05, 0.1) is 6.10 Å². The number of likely N-dealkylation sites (tertiary alicyclic amines) is 1.